The zero-order valence-electron chi connectivity index (χ0n) is 19.3. The first-order valence-electron chi connectivity index (χ1n) is 10.9. The van der Waals surface area contributed by atoms with E-state index in [1.165, 1.54) is 7.11 Å². The third kappa shape index (κ3) is 5.66. The average molecular weight is 491 g/mol. The minimum Gasteiger partial charge on any atom is -0.465 e. The molecule has 7 heteroatoms. The molecule has 4 aromatic rings. The Balaban J connectivity index is 1.41. The Kier molecular flexibility index (Phi) is 7.65. The van der Waals surface area contributed by atoms with Crippen LogP contribution in [0.5, 0.6) is 0 Å². The number of esters is 1. The number of fused-ring (bicyclic) bond motifs is 1. The molecule has 0 aliphatic carbocycles. The van der Waals surface area contributed by atoms with Crippen molar-refractivity contribution < 1.29 is 13.7 Å². The first-order valence-corrected chi connectivity index (χ1v) is 13.1. The van der Waals surface area contributed by atoms with Crippen LogP contribution in [0, 0.1) is 0 Å². The topological polar surface area (TPSA) is 68.3 Å². The maximum atomic E-state index is 12.9. The molecule has 0 saturated carbocycles. The van der Waals surface area contributed by atoms with Crippen LogP contribution in [0.3, 0.4) is 0 Å². The molecule has 0 fully saturated rings. The molecule has 0 aliphatic rings. The maximum absolute atomic E-state index is 12.9. The number of benzene rings is 3. The lowest BCUT2D eigenvalue weighted by Crippen LogP contribution is -2.10. The predicted molar refractivity (Wildman–Crippen MR) is 140 cm³/mol. The van der Waals surface area contributed by atoms with Crippen molar-refractivity contribution in [3.63, 3.8) is 0 Å². The summed E-state index contributed by atoms with van der Waals surface area (Å²) in [6.07, 6.45) is 0. The molecule has 5 nitrogen and oxygen atoms in total. The van der Waals surface area contributed by atoms with Crippen LogP contribution in [0.2, 0.25) is 0 Å². The molecule has 0 saturated heterocycles. The van der Waals surface area contributed by atoms with Gasteiger partial charge in [-0.15, -0.1) is 11.8 Å². The van der Waals surface area contributed by atoms with Gasteiger partial charge in [0.25, 0.3) is 0 Å². The SMILES string of the molecule is COC(=O)c1cc(S(=O)Nc2ccc(SCc3ccc4ccccc4n3)cc2)ccc1C(C)C. The van der Waals surface area contributed by atoms with Crippen LogP contribution in [-0.2, 0) is 21.5 Å². The van der Waals surface area contributed by atoms with E-state index in [2.05, 4.69) is 22.9 Å². The van der Waals surface area contributed by atoms with Gasteiger partial charge in [0.2, 0.25) is 0 Å². The first-order chi connectivity index (χ1) is 16.4. The Bertz CT molecular complexity index is 1340. The van der Waals surface area contributed by atoms with Crippen LogP contribution in [0.25, 0.3) is 10.9 Å². The zero-order chi connectivity index (χ0) is 24.1. The highest BCUT2D eigenvalue weighted by Gasteiger charge is 2.17. The summed E-state index contributed by atoms with van der Waals surface area (Å²) in [6, 6.07) is 25.3. The van der Waals surface area contributed by atoms with Crippen molar-refractivity contribution in [3.05, 3.63) is 95.7 Å². The van der Waals surface area contributed by atoms with E-state index >= 15 is 0 Å². The van der Waals surface area contributed by atoms with E-state index in [1.807, 2.05) is 62.4 Å². The summed E-state index contributed by atoms with van der Waals surface area (Å²) < 4.78 is 20.8. The van der Waals surface area contributed by atoms with Crippen LogP contribution >= 0.6 is 11.8 Å². The lowest BCUT2D eigenvalue weighted by molar-refractivity contribution is 0.0598. The standard InChI is InChI=1S/C27H26N2O3S2/c1-18(2)24-15-14-23(16-25(24)27(30)32-3)34(31)29-20-10-12-22(13-11-20)33-17-21-9-8-19-6-4-5-7-26(19)28-21/h4-16,18,29H,17H2,1-3H3. The number of anilines is 1. The van der Waals surface area contributed by atoms with E-state index in [1.54, 1.807) is 23.9 Å². The number of hydrogen-bond donors (Lipinski definition) is 1. The lowest BCUT2D eigenvalue weighted by atomic mass is 9.97. The molecule has 3 aromatic carbocycles. The van der Waals surface area contributed by atoms with Crippen LogP contribution in [0.4, 0.5) is 5.69 Å². The van der Waals surface area contributed by atoms with Gasteiger partial charge >= 0.3 is 5.97 Å². The maximum Gasteiger partial charge on any atom is 0.338 e. The van der Waals surface area contributed by atoms with Gasteiger partial charge < -0.3 is 9.46 Å². The number of ether oxygens (including phenoxy) is 1. The van der Waals surface area contributed by atoms with Gasteiger partial charge in [0.05, 0.1) is 28.8 Å². The lowest BCUT2D eigenvalue weighted by Gasteiger charge is -2.13. The Morgan fingerprint density at radius 2 is 1.79 bits per heavy atom. The summed E-state index contributed by atoms with van der Waals surface area (Å²) in [5.41, 5.74) is 4.07. The molecule has 174 valence electrons. The highest BCUT2D eigenvalue weighted by Crippen LogP contribution is 2.26. The molecule has 0 bridgehead atoms. The number of carbonyl (C=O) groups excluding carboxylic acids is 1. The second-order valence-electron chi connectivity index (χ2n) is 8.07. The zero-order valence-corrected chi connectivity index (χ0v) is 20.9. The van der Waals surface area contributed by atoms with Crippen molar-refractivity contribution in [2.45, 2.75) is 35.3 Å². The number of aromatic nitrogens is 1. The monoisotopic (exact) mass is 490 g/mol. The van der Waals surface area contributed by atoms with E-state index < -0.39 is 17.0 Å². The van der Waals surface area contributed by atoms with E-state index in [0.29, 0.717) is 10.5 Å². The van der Waals surface area contributed by atoms with Crippen molar-refractivity contribution in [2.24, 2.45) is 0 Å². The van der Waals surface area contributed by atoms with Crippen LogP contribution in [0.1, 0.15) is 41.4 Å². The molecule has 0 aliphatic heterocycles. The molecule has 4 rings (SSSR count). The number of methoxy groups -OCH3 is 1. The van der Waals surface area contributed by atoms with Crippen molar-refractivity contribution in [1.82, 2.24) is 4.98 Å². The van der Waals surface area contributed by atoms with Gasteiger partial charge in [-0.25, -0.2) is 9.00 Å². The quantitative estimate of drug-likeness (QED) is 0.223. The fourth-order valence-electron chi connectivity index (χ4n) is 3.57. The minimum absolute atomic E-state index is 0.152. The largest absolute Gasteiger partial charge is 0.465 e. The molecule has 1 aromatic heterocycles. The van der Waals surface area contributed by atoms with Crippen molar-refractivity contribution in [2.75, 3.05) is 11.8 Å². The Hall–Kier alpha value is -3.16. The van der Waals surface area contributed by atoms with Crippen molar-refractivity contribution in [1.29, 1.82) is 0 Å². The van der Waals surface area contributed by atoms with Crippen LogP contribution in [0.15, 0.2) is 88.7 Å². The summed E-state index contributed by atoms with van der Waals surface area (Å²) in [4.78, 5) is 18.5. The molecular weight excluding hydrogens is 464 g/mol. The van der Waals surface area contributed by atoms with E-state index in [0.717, 1.165) is 38.5 Å². The molecule has 0 spiro atoms. The fourth-order valence-corrected chi connectivity index (χ4v) is 5.26. The highest BCUT2D eigenvalue weighted by molar-refractivity contribution is 7.98. The summed E-state index contributed by atoms with van der Waals surface area (Å²) >= 11 is 1.70. The van der Waals surface area contributed by atoms with E-state index in [4.69, 9.17) is 9.72 Å². The third-order valence-electron chi connectivity index (χ3n) is 5.37. The van der Waals surface area contributed by atoms with Gasteiger partial charge in [-0.05, 0) is 60.0 Å². The molecule has 1 heterocycles. The number of hydrogen-bond acceptors (Lipinski definition) is 5. The molecule has 0 amide bonds. The van der Waals surface area contributed by atoms with E-state index in [9.17, 15) is 9.00 Å². The average Bonchev–Trinajstić information content (AvgIpc) is 2.87. The number of para-hydroxylation sites is 1. The van der Waals surface area contributed by atoms with Crippen molar-refractivity contribution >= 4 is 45.3 Å². The molecular formula is C27H26N2O3S2. The normalized spacial score (nSPS) is 12.0. The summed E-state index contributed by atoms with van der Waals surface area (Å²) in [6.45, 7) is 4.01. The highest BCUT2D eigenvalue weighted by atomic mass is 32.2. The number of thioether (sulfide) groups is 1. The van der Waals surface area contributed by atoms with Crippen molar-refractivity contribution in [3.8, 4) is 0 Å². The fraction of sp³-hybridized carbons (Fsp3) is 0.185. The number of rotatable bonds is 8. The van der Waals surface area contributed by atoms with Gasteiger partial charge in [-0.3, -0.25) is 4.98 Å². The van der Waals surface area contributed by atoms with Gasteiger partial charge in [0.15, 0.2) is 0 Å². The van der Waals surface area contributed by atoms with Gasteiger partial charge in [0.1, 0.15) is 11.0 Å². The number of nitrogens with zero attached hydrogens (tertiary/aromatic N) is 1. The molecule has 1 N–H and O–H groups in total. The minimum atomic E-state index is -1.51. The summed E-state index contributed by atoms with van der Waals surface area (Å²) in [7, 11) is -0.162. The second kappa shape index (κ2) is 10.8. The Morgan fingerprint density at radius 3 is 2.53 bits per heavy atom. The summed E-state index contributed by atoms with van der Waals surface area (Å²) in [5.74, 6) is 0.492. The smallest absolute Gasteiger partial charge is 0.338 e. The van der Waals surface area contributed by atoms with Gasteiger partial charge in [0, 0.05) is 21.7 Å². The van der Waals surface area contributed by atoms with Crippen LogP contribution < -0.4 is 4.72 Å². The molecule has 34 heavy (non-hydrogen) atoms. The van der Waals surface area contributed by atoms with Gasteiger partial charge in [-0.2, -0.15) is 0 Å². The van der Waals surface area contributed by atoms with Crippen LogP contribution in [-0.4, -0.2) is 22.3 Å². The first kappa shape index (κ1) is 24.0. The molecule has 0 radical (unpaired) electrons. The second-order valence-corrected chi connectivity index (χ2v) is 10.3. The molecule has 1 atom stereocenters. The number of carbonyl (C=O) groups is 1. The predicted octanol–water partition coefficient (Wildman–Crippen LogP) is 6.57. The van der Waals surface area contributed by atoms with Gasteiger partial charge in [-0.1, -0.05) is 44.2 Å². The Labute approximate surface area is 206 Å². The summed E-state index contributed by atoms with van der Waals surface area (Å²) in [5, 5.41) is 1.14. The number of nitrogens with one attached hydrogen (secondary N) is 1. The molecule has 1 unspecified atom stereocenters. The number of pyridine rings is 1. The van der Waals surface area contributed by atoms with E-state index in [-0.39, 0.29) is 5.92 Å². The third-order valence-corrected chi connectivity index (χ3v) is 7.52. The Morgan fingerprint density at radius 1 is 1.03 bits per heavy atom.